The van der Waals surface area contributed by atoms with Gasteiger partial charge in [0.05, 0.1) is 23.8 Å². The van der Waals surface area contributed by atoms with Gasteiger partial charge in [-0.05, 0) is 44.5 Å². The van der Waals surface area contributed by atoms with Crippen molar-refractivity contribution in [3.05, 3.63) is 57.3 Å². The van der Waals surface area contributed by atoms with Gasteiger partial charge >= 0.3 is 5.97 Å². The Hall–Kier alpha value is -3.00. The molecule has 148 valence electrons. The third-order valence-electron chi connectivity index (χ3n) is 3.95. The summed E-state index contributed by atoms with van der Waals surface area (Å²) in [5.41, 5.74) is 0.322. The van der Waals surface area contributed by atoms with Crippen LogP contribution < -0.4 is 5.32 Å². The standard InChI is InChI=1S/C19H19ClN2O6/c1-11-6-13(15(7-14(11)20)21-8-12-4-5-27-9-12)18(25)28-10-16(23)17(24)19(2,3)22-26/h4-7,9,21H,8,10H2,1-3H3. The highest BCUT2D eigenvalue weighted by Crippen LogP contribution is 2.26. The first-order chi connectivity index (χ1) is 13.2. The summed E-state index contributed by atoms with van der Waals surface area (Å²) < 4.78 is 9.96. The molecule has 0 atom stereocenters. The number of esters is 1. The summed E-state index contributed by atoms with van der Waals surface area (Å²) in [4.78, 5) is 46.9. The van der Waals surface area contributed by atoms with E-state index in [0.29, 0.717) is 22.8 Å². The van der Waals surface area contributed by atoms with Crippen molar-refractivity contribution < 1.29 is 23.5 Å². The van der Waals surface area contributed by atoms with E-state index in [1.54, 1.807) is 25.3 Å². The van der Waals surface area contributed by atoms with E-state index in [1.165, 1.54) is 26.2 Å². The molecule has 8 nitrogen and oxygen atoms in total. The lowest BCUT2D eigenvalue weighted by Crippen LogP contribution is -2.37. The molecule has 0 bridgehead atoms. The Balaban J connectivity index is 2.13. The van der Waals surface area contributed by atoms with Crippen LogP contribution in [0.4, 0.5) is 5.69 Å². The lowest BCUT2D eigenvalue weighted by atomic mass is 9.97. The number of ether oxygens (including phenoxy) is 1. The van der Waals surface area contributed by atoms with Gasteiger partial charge < -0.3 is 14.5 Å². The summed E-state index contributed by atoms with van der Waals surface area (Å²) in [6.07, 6.45) is 3.07. The Morgan fingerprint density at radius 1 is 1.29 bits per heavy atom. The smallest absolute Gasteiger partial charge is 0.340 e. The fourth-order valence-electron chi connectivity index (χ4n) is 2.24. The lowest BCUT2D eigenvalue weighted by Gasteiger charge is -2.14. The van der Waals surface area contributed by atoms with E-state index in [2.05, 4.69) is 10.5 Å². The maximum absolute atomic E-state index is 12.5. The molecule has 0 saturated heterocycles. The molecule has 1 N–H and O–H groups in total. The van der Waals surface area contributed by atoms with Gasteiger partial charge in [0.2, 0.25) is 11.6 Å². The van der Waals surface area contributed by atoms with Gasteiger partial charge in [-0.1, -0.05) is 16.8 Å². The first kappa shape index (κ1) is 21.3. The number of nitrogens with zero attached hydrogens (tertiary/aromatic N) is 1. The van der Waals surface area contributed by atoms with Crippen molar-refractivity contribution in [2.45, 2.75) is 32.9 Å². The van der Waals surface area contributed by atoms with Crippen LogP contribution in [-0.2, 0) is 20.9 Å². The average molecular weight is 407 g/mol. The van der Waals surface area contributed by atoms with Crippen molar-refractivity contribution in [1.29, 1.82) is 0 Å². The molecule has 0 unspecified atom stereocenters. The van der Waals surface area contributed by atoms with Gasteiger partial charge in [-0.25, -0.2) is 4.79 Å². The molecule has 1 aromatic heterocycles. The second-order valence-corrected chi connectivity index (χ2v) is 7.02. The van der Waals surface area contributed by atoms with E-state index in [1.807, 2.05) is 0 Å². The molecule has 0 aliphatic carbocycles. The number of nitroso groups, excluding NO2 is 1. The molecule has 0 aliphatic heterocycles. The second-order valence-electron chi connectivity index (χ2n) is 6.61. The van der Waals surface area contributed by atoms with Crippen molar-refractivity contribution in [3.8, 4) is 0 Å². The predicted molar refractivity (Wildman–Crippen MR) is 102 cm³/mol. The summed E-state index contributed by atoms with van der Waals surface area (Å²) in [6.45, 7) is 3.71. The van der Waals surface area contributed by atoms with Crippen LogP contribution in [0.5, 0.6) is 0 Å². The molecule has 1 aromatic carbocycles. The number of carbonyl (C=O) groups is 3. The molecule has 0 aliphatic rings. The fourth-order valence-corrected chi connectivity index (χ4v) is 2.41. The van der Waals surface area contributed by atoms with Crippen LogP contribution in [0, 0.1) is 11.8 Å². The number of halogens is 1. The molecular formula is C19H19ClN2O6. The Morgan fingerprint density at radius 3 is 2.61 bits per heavy atom. The minimum atomic E-state index is -1.71. The fraction of sp³-hybridized carbons (Fsp3) is 0.316. The quantitative estimate of drug-likeness (QED) is 0.383. The number of hydrogen-bond donors (Lipinski definition) is 1. The van der Waals surface area contributed by atoms with Crippen LogP contribution in [-0.4, -0.2) is 29.7 Å². The number of furan rings is 1. The molecule has 9 heteroatoms. The van der Waals surface area contributed by atoms with Gasteiger partial charge in [0, 0.05) is 17.1 Å². The number of nitrogens with one attached hydrogen (secondary N) is 1. The number of carbonyl (C=O) groups excluding carboxylic acids is 3. The number of rotatable bonds is 9. The van der Waals surface area contributed by atoms with Crippen LogP contribution in [0.1, 0.15) is 35.3 Å². The molecule has 0 fully saturated rings. The first-order valence-corrected chi connectivity index (χ1v) is 8.68. The number of hydrogen-bond acceptors (Lipinski definition) is 8. The topological polar surface area (TPSA) is 115 Å². The minimum absolute atomic E-state index is 0.151. The minimum Gasteiger partial charge on any atom is -0.472 e. The zero-order chi connectivity index (χ0) is 20.9. The molecular weight excluding hydrogens is 388 g/mol. The zero-order valence-electron chi connectivity index (χ0n) is 15.6. The predicted octanol–water partition coefficient (Wildman–Crippen LogP) is 3.69. The number of ketones is 2. The van der Waals surface area contributed by atoms with Crippen molar-refractivity contribution in [3.63, 3.8) is 0 Å². The summed E-state index contributed by atoms with van der Waals surface area (Å²) in [5, 5.41) is 6.11. The lowest BCUT2D eigenvalue weighted by molar-refractivity contribution is -0.140. The van der Waals surface area contributed by atoms with Crippen molar-refractivity contribution in [2.75, 3.05) is 11.9 Å². The van der Waals surface area contributed by atoms with Gasteiger partial charge in [-0.2, -0.15) is 0 Å². The summed E-state index contributed by atoms with van der Waals surface area (Å²) in [5.74, 6) is -2.86. The summed E-state index contributed by atoms with van der Waals surface area (Å²) in [6, 6.07) is 4.85. The third kappa shape index (κ3) is 5.04. The molecule has 0 radical (unpaired) electrons. The van der Waals surface area contributed by atoms with E-state index in [4.69, 9.17) is 20.8 Å². The molecule has 2 rings (SSSR count). The molecule has 0 spiro atoms. The van der Waals surface area contributed by atoms with Crippen LogP contribution in [0.25, 0.3) is 0 Å². The van der Waals surface area contributed by atoms with Crippen molar-refractivity contribution in [2.24, 2.45) is 5.18 Å². The SMILES string of the molecule is Cc1cc(C(=O)OCC(=O)C(=O)C(C)(C)N=O)c(NCc2ccoc2)cc1Cl. The van der Waals surface area contributed by atoms with Gasteiger partial charge in [-0.3, -0.25) is 9.59 Å². The molecule has 1 heterocycles. The van der Waals surface area contributed by atoms with E-state index >= 15 is 0 Å². The maximum Gasteiger partial charge on any atom is 0.340 e. The largest absolute Gasteiger partial charge is 0.472 e. The summed E-state index contributed by atoms with van der Waals surface area (Å²) in [7, 11) is 0. The van der Waals surface area contributed by atoms with E-state index in [9.17, 15) is 19.3 Å². The van der Waals surface area contributed by atoms with Crippen molar-refractivity contribution >= 4 is 34.8 Å². The normalized spacial score (nSPS) is 11.0. The Bertz CT molecular complexity index is 905. The van der Waals surface area contributed by atoms with Crippen molar-refractivity contribution in [1.82, 2.24) is 0 Å². The first-order valence-electron chi connectivity index (χ1n) is 8.30. The average Bonchev–Trinajstić information content (AvgIpc) is 3.19. The highest BCUT2D eigenvalue weighted by atomic mass is 35.5. The van der Waals surface area contributed by atoms with Gasteiger partial charge in [0.1, 0.15) is 0 Å². The Kier molecular flexibility index (Phi) is 6.69. The van der Waals surface area contributed by atoms with Crippen LogP contribution in [0.15, 0.2) is 40.3 Å². The van der Waals surface area contributed by atoms with Gasteiger partial charge in [0.25, 0.3) is 0 Å². The molecule has 0 saturated carbocycles. The number of benzene rings is 1. The molecule has 0 amide bonds. The van der Waals surface area contributed by atoms with E-state index in [0.717, 1.165) is 5.56 Å². The second kappa shape index (κ2) is 8.79. The Morgan fingerprint density at radius 2 is 2.00 bits per heavy atom. The molecule has 2 aromatic rings. The van der Waals surface area contributed by atoms with E-state index in [-0.39, 0.29) is 5.56 Å². The van der Waals surface area contributed by atoms with Crippen LogP contribution in [0.3, 0.4) is 0 Å². The van der Waals surface area contributed by atoms with Gasteiger partial charge in [0.15, 0.2) is 12.1 Å². The highest BCUT2D eigenvalue weighted by Gasteiger charge is 2.34. The Labute approximate surface area is 166 Å². The number of anilines is 1. The van der Waals surface area contributed by atoms with Gasteiger partial charge in [-0.15, -0.1) is 4.91 Å². The summed E-state index contributed by atoms with van der Waals surface area (Å²) >= 11 is 6.14. The maximum atomic E-state index is 12.5. The number of aryl methyl sites for hydroxylation is 1. The third-order valence-corrected chi connectivity index (χ3v) is 4.36. The monoisotopic (exact) mass is 406 g/mol. The van der Waals surface area contributed by atoms with Crippen LogP contribution in [0.2, 0.25) is 5.02 Å². The highest BCUT2D eigenvalue weighted by molar-refractivity contribution is 6.41. The van der Waals surface area contributed by atoms with Crippen LogP contribution >= 0.6 is 11.6 Å². The van der Waals surface area contributed by atoms with E-state index < -0.39 is 29.7 Å². The zero-order valence-corrected chi connectivity index (χ0v) is 16.3. The number of Topliss-reactive ketones (excluding diaryl/α,β-unsaturated/α-hetero) is 2. The molecule has 28 heavy (non-hydrogen) atoms.